The minimum atomic E-state index is -0.269. The Bertz CT molecular complexity index is 272. The van der Waals surface area contributed by atoms with Gasteiger partial charge in [-0.25, -0.2) is 4.98 Å². The fourth-order valence-electron chi connectivity index (χ4n) is 0.361. The van der Waals surface area contributed by atoms with Crippen molar-refractivity contribution < 1.29 is 0 Å². The summed E-state index contributed by atoms with van der Waals surface area (Å²) >= 11 is 8.38. The fourth-order valence-corrected chi connectivity index (χ4v) is 0.713. The minimum Gasteiger partial charge on any atom is -0.312 e. The summed E-state index contributed by atoms with van der Waals surface area (Å²) < 4.78 is 0.270. The third kappa shape index (κ3) is 1.31. The summed E-state index contributed by atoms with van der Waals surface area (Å²) in [5, 5.41) is 0.179. The van der Waals surface area contributed by atoms with Gasteiger partial charge in [-0.15, -0.1) is 0 Å². The highest BCUT2D eigenvalue weighted by molar-refractivity contribution is 9.10. The number of aromatic nitrogens is 2. The quantitative estimate of drug-likeness (QED) is 0.652. The van der Waals surface area contributed by atoms with Crippen molar-refractivity contribution in [1.29, 1.82) is 0 Å². The summed E-state index contributed by atoms with van der Waals surface area (Å²) in [5.74, 6) is 0. The Labute approximate surface area is 64.2 Å². The zero-order chi connectivity index (χ0) is 6.85. The zero-order valence-corrected chi connectivity index (χ0v) is 6.53. The molecule has 1 rings (SSSR count). The molecule has 3 nitrogen and oxygen atoms in total. The maximum atomic E-state index is 10.6. The van der Waals surface area contributed by atoms with Crippen LogP contribution in [0.1, 0.15) is 0 Å². The number of nitrogens with zero attached hydrogens (tertiary/aromatic N) is 1. The third-order valence-electron chi connectivity index (χ3n) is 0.754. The predicted octanol–water partition coefficient (Wildman–Crippen LogP) is 1.19. The van der Waals surface area contributed by atoms with Crippen LogP contribution in [-0.4, -0.2) is 9.97 Å². The summed E-state index contributed by atoms with van der Waals surface area (Å²) in [6, 6.07) is 0. The molecule has 0 aliphatic heterocycles. The van der Waals surface area contributed by atoms with Gasteiger partial charge in [-0.1, -0.05) is 11.6 Å². The summed E-state index contributed by atoms with van der Waals surface area (Å²) in [4.78, 5) is 16.6. The van der Waals surface area contributed by atoms with Gasteiger partial charge in [0.25, 0.3) is 5.56 Å². The van der Waals surface area contributed by atoms with Crippen LogP contribution < -0.4 is 5.56 Å². The largest absolute Gasteiger partial charge is 0.312 e. The Balaban J connectivity index is 3.43. The number of halogens is 2. The topological polar surface area (TPSA) is 45.8 Å². The van der Waals surface area contributed by atoms with Crippen LogP contribution in [0.25, 0.3) is 0 Å². The molecule has 0 spiro atoms. The van der Waals surface area contributed by atoms with Gasteiger partial charge in [0, 0.05) is 0 Å². The molecule has 0 fully saturated rings. The summed E-state index contributed by atoms with van der Waals surface area (Å²) in [6.07, 6.45) is 1.25. The molecule has 0 amide bonds. The lowest BCUT2D eigenvalue weighted by molar-refractivity contribution is 1.10. The van der Waals surface area contributed by atoms with Crippen LogP contribution in [-0.2, 0) is 0 Å². The number of H-pyrrole nitrogens is 1. The molecule has 0 aliphatic rings. The normalized spacial score (nSPS) is 9.56. The lowest BCUT2D eigenvalue weighted by Gasteiger charge is -1.88. The molecule has 0 radical (unpaired) electrons. The lowest BCUT2D eigenvalue weighted by atomic mass is 10.7. The van der Waals surface area contributed by atoms with E-state index in [9.17, 15) is 4.79 Å². The molecule has 1 aromatic heterocycles. The SMILES string of the molecule is O=c1[nH]cnc(Cl)c1Br. The number of rotatable bonds is 0. The van der Waals surface area contributed by atoms with Crippen molar-refractivity contribution in [2.75, 3.05) is 0 Å². The van der Waals surface area contributed by atoms with Crippen LogP contribution in [0.4, 0.5) is 0 Å². The van der Waals surface area contributed by atoms with E-state index in [-0.39, 0.29) is 15.2 Å². The smallest absolute Gasteiger partial charge is 0.266 e. The molecule has 1 heterocycles. The van der Waals surface area contributed by atoms with Gasteiger partial charge in [-0.3, -0.25) is 4.79 Å². The zero-order valence-electron chi connectivity index (χ0n) is 4.19. The van der Waals surface area contributed by atoms with Crippen molar-refractivity contribution in [2.24, 2.45) is 0 Å². The van der Waals surface area contributed by atoms with E-state index >= 15 is 0 Å². The van der Waals surface area contributed by atoms with Crippen molar-refractivity contribution in [3.8, 4) is 0 Å². The van der Waals surface area contributed by atoms with Crippen molar-refractivity contribution in [3.63, 3.8) is 0 Å². The molecule has 0 unspecified atom stereocenters. The van der Waals surface area contributed by atoms with Crippen LogP contribution in [0, 0.1) is 0 Å². The molecule has 0 atom stereocenters. The highest BCUT2D eigenvalue weighted by Gasteiger charge is 1.98. The van der Waals surface area contributed by atoms with Crippen molar-refractivity contribution in [2.45, 2.75) is 0 Å². The van der Waals surface area contributed by atoms with E-state index in [4.69, 9.17) is 11.6 Å². The highest BCUT2D eigenvalue weighted by atomic mass is 79.9. The maximum absolute atomic E-state index is 10.6. The van der Waals surface area contributed by atoms with Crippen LogP contribution in [0.5, 0.6) is 0 Å². The molecule has 0 saturated carbocycles. The van der Waals surface area contributed by atoms with Gasteiger partial charge in [0.15, 0.2) is 5.15 Å². The Kier molecular flexibility index (Phi) is 1.87. The minimum absolute atomic E-state index is 0.179. The summed E-state index contributed by atoms with van der Waals surface area (Å²) in [5.41, 5.74) is -0.269. The second kappa shape index (κ2) is 2.49. The highest BCUT2D eigenvalue weighted by Crippen LogP contribution is 2.11. The van der Waals surface area contributed by atoms with Crippen LogP contribution >= 0.6 is 27.5 Å². The molecular weight excluding hydrogens is 207 g/mol. The number of nitrogens with one attached hydrogen (secondary N) is 1. The maximum Gasteiger partial charge on any atom is 0.266 e. The van der Waals surface area contributed by atoms with Crippen LogP contribution in [0.2, 0.25) is 5.15 Å². The molecule has 5 heteroatoms. The molecule has 0 aliphatic carbocycles. The molecular formula is C4H2BrClN2O. The van der Waals surface area contributed by atoms with E-state index < -0.39 is 0 Å². The fraction of sp³-hybridized carbons (Fsp3) is 0. The first-order valence-corrected chi connectivity index (χ1v) is 3.27. The average molecular weight is 209 g/mol. The van der Waals surface area contributed by atoms with E-state index in [1.165, 1.54) is 6.33 Å². The monoisotopic (exact) mass is 208 g/mol. The van der Waals surface area contributed by atoms with Gasteiger partial charge in [-0.2, -0.15) is 0 Å². The molecule has 0 saturated heterocycles. The Hall–Kier alpha value is -0.350. The Morgan fingerprint density at radius 3 is 2.89 bits per heavy atom. The van der Waals surface area contributed by atoms with E-state index in [0.717, 1.165) is 0 Å². The standard InChI is InChI=1S/C4H2BrClN2O/c5-2-3(6)7-1-8-4(2)9/h1H,(H,7,8,9). The predicted molar refractivity (Wildman–Crippen MR) is 37.6 cm³/mol. The van der Waals surface area contributed by atoms with Gasteiger partial charge in [0.2, 0.25) is 0 Å². The second-order valence-electron chi connectivity index (χ2n) is 1.34. The molecule has 48 valence electrons. The van der Waals surface area contributed by atoms with Gasteiger partial charge >= 0.3 is 0 Å². The number of hydrogen-bond acceptors (Lipinski definition) is 2. The first-order valence-electron chi connectivity index (χ1n) is 2.10. The second-order valence-corrected chi connectivity index (χ2v) is 2.49. The van der Waals surface area contributed by atoms with Gasteiger partial charge in [0.1, 0.15) is 4.47 Å². The molecule has 1 aromatic rings. The molecule has 0 aromatic carbocycles. The van der Waals surface area contributed by atoms with Crippen molar-refractivity contribution >= 4 is 27.5 Å². The Morgan fingerprint density at radius 2 is 2.44 bits per heavy atom. The summed E-state index contributed by atoms with van der Waals surface area (Å²) in [7, 11) is 0. The van der Waals surface area contributed by atoms with Crippen molar-refractivity contribution in [3.05, 3.63) is 26.3 Å². The van der Waals surface area contributed by atoms with E-state index in [0.29, 0.717) is 0 Å². The van der Waals surface area contributed by atoms with Gasteiger partial charge in [0.05, 0.1) is 6.33 Å². The molecule has 9 heavy (non-hydrogen) atoms. The van der Waals surface area contributed by atoms with Crippen molar-refractivity contribution in [1.82, 2.24) is 9.97 Å². The summed E-state index contributed by atoms with van der Waals surface area (Å²) in [6.45, 7) is 0. The van der Waals surface area contributed by atoms with E-state index in [1.54, 1.807) is 0 Å². The molecule has 0 bridgehead atoms. The van der Waals surface area contributed by atoms with Gasteiger partial charge in [-0.05, 0) is 15.9 Å². The van der Waals surface area contributed by atoms with Gasteiger partial charge < -0.3 is 4.98 Å². The average Bonchev–Trinajstić information content (AvgIpc) is 1.83. The number of aromatic amines is 1. The third-order valence-corrected chi connectivity index (χ3v) is 2.00. The van der Waals surface area contributed by atoms with Crippen LogP contribution in [0.15, 0.2) is 15.6 Å². The first-order chi connectivity index (χ1) is 4.22. The lowest BCUT2D eigenvalue weighted by Crippen LogP contribution is -2.06. The van der Waals surface area contributed by atoms with E-state index in [1.807, 2.05) is 0 Å². The molecule has 1 N–H and O–H groups in total. The van der Waals surface area contributed by atoms with E-state index in [2.05, 4.69) is 25.9 Å². The van der Waals surface area contributed by atoms with Crippen LogP contribution in [0.3, 0.4) is 0 Å². The number of hydrogen-bond donors (Lipinski definition) is 1. The first kappa shape index (κ1) is 6.77. The Morgan fingerprint density at radius 1 is 1.78 bits per heavy atom.